The lowest BCUT2D eigenvalue weighted by molar-refractivity contribution is -0.120. The van der Waals surface area contributed by atoms with Crippen molar-refractivity contribution >= 4 is 29.9 Å². The smallest absolute Gasteiger partial charge is 0.251 e. The Hall–Kier alpha value is -1.59. The van der Waals surface area contributed by atoms with E-state index in [1.165, 1.54) is 6.42 Å². The van der Waals surface area contributed by atoms with Gasteiger partial charge in [-0.1, -0.05) is 25.3 Å². The van der Waals surface area contributed by atoms with Crippen LogP contribution < -0.4 is 16.4 Å². The first kappa shape index (κ1) is 19.7. The predicted octanol–water partition coefficient (Wildman–Crippen LogP) is 3.09. The van der Waals surface area contributed by atoms with Crippen molar-refractivity contribution in [1.29, 1.82) is 0 Å². The highest BCUT2D eigenvalue weighted by molar-refractivity contribution is 5.97. The molecular formula is C19H28ClN3O2. The van der Waals surface area contributed by atoms with Crippen molar-refractivity contribution in [3.8, 4) is 0 Å². The van der Waals surface area contributed by atoms with Crippen molar-refractivity contribution in [2.45, 2.75) is 51.0 Å². The first-order valence-corrected chi connectivity index (χ1v) is 9.09. The number of amides is 2. The average molecular weight is 366 g/mol. The van der Waals surface area contributed by atoms with E-state index in [4.69, 9.17) is 5.73 Å². The monoisotopic (exact) mass is 365 g/mol. The summed E-state index contributed by atoms with van der Waals surface area (Å²) in [4.78, 5) is 24.7. The van der Waals surface area contributed by atoms with Crippen LogP contribution in [0.1, 0.15) is 55.3 Å². The van der Waals surface area contributed by atoms with Crippen LogP contribution in [0.3, 0.4) is 0 Å². The standard InChI is InChI=1S/C19H27N3O2.ClH/c20-12-17(13-9-10-13)22-19(24)15-7-4-8-16(11-15)21-18(23)14-5-2-1-3-6-14;/h4,7-8,11,13-14,17H,1-3,5-6,9-10,12,20H2,(H,21,23)(H,22,24);1H. The van der Waals surface area contributed by atoms with E-state index in [1.807, 2.05) is 6.07 Å². The molecule has 4 N–H and O–H groups in total. The van der Waals surface area contributed by atoms with E-state index in [1.54, 1.807) is 18.2 Å². The molecule has 25 heavy (non-hydrogen) atoms. The molecule has 3 rings (SSSR count). The number of carbonyl (C=O) groups excluding carboxylic acids is 2. The largest absolute Gasteiger partial charge is 0.348 e. The summed E-state index contributed by atoms with van der Waals surface area (Å²) in [5.74, 6) is 0.581. The lowest BCUT2D eigenvalue weighted by atomic mass is 9.88. The van der Waals surface area contributed by atoms with Gasteiger partial charge in [-0.05, 0) is 49.8 Å². The van der Waals surface area contributed by atoms with Gasteiger partial charge in [-0.2, -0.15) is 0 Å². The maximum Gasteiger partial charge on any atom is 0.251 e. The minimum absolute atomic E-state index is 0. The van der Waals surface area contributed by atoms with Crippen molar-refractivity contribution in [2.75, 3.05) is 11.9 Å². The zero-order valence-electron chi connectivity index (χ0n) is 14.5. The van der Waals surface area contributed by atoms with Gasteiger partial charge in [-0.25, -0.2) is 0 Å². The number of nitrogens with one attached hydrogen (secondary N) is 2. The van der Waals surface area contributed by atoms with Crippen LogP contribution >= 0.6 is 12.4 Å². The van der Waals surface area contributed by atoms with Crippen LogP contribution in [0.5, 0.6) is 0 Å². The van der Waals surface area contributed by atoms with Gasteiger partial charge >= 0.3 is 0 Å². The van der Waals surface area contributed by atoms with Crippen molar-refractivity contribution in [3.63, 3.8) is 0 Å². The molecule has 0 aliphatic heterocycles. The van der Waals surface area contributed by atoms with Gasteiger partial charge in [0.05, 0.1) is 0 Å². The summed E-state index contributed by atoms with van der Waals surface area (Å²) in [5, 5.41) is 5.98. The third kappa shape index (κ3) is 5.44. The Kier molecular flexibility index (Phi) is 7.26. The molecule has 0 spiro atoms. The highest BCUT2D eigenvalue weighted by Gasteiger charge is 2.31. The number of carbonyl (C=O) groups is 2. The van der Waals surface area contributed by atoms with Gasteiger partial charge in [0.1, 0.15) is 0 Å². The van der Waals surface area contributed by atoms with Crippen LogP contribution in [0.2, 0.25) is 0 Å². The second kappa shape index (κ2) is 9.20. The van der Waals surface area contributed by atoms with Gasteiger partial charge in [-0.15, -0.1) is 12.4 Å². The lowest BCUT2D eigenvalue weighted by Gasteiger charge is -2.21. The summed E-state index contributed by atoms with van der Waals surface area (Å²) in [5.41, 5.74) is 7.00. The summed E-state index contributed by atoms with van der Waals surface area (Å²) in [7, 11) is 0. The topological polar surface area (TPSA) is 84.2 Å². The fraction of sp³-hybridized carbons (Fsp3) is 0.579. The van der Waals surface area contributed by atoms with E-state index < -0.39 is 0 Å². The maximum absolute atomic E-state index is 12.4. The summed E-state index contributed by atoms with van der Waals surface area (Å²) >= 11 is 0. The van der Waals surface area contributed by atoms with Crippen LogP contribution in [0, 0.1) is 11.8 Å². The van der Waals surface area contributed by atoms with Gasteiger partial charge in [0.25, 0.3) is 5.91 Å². The van der Waals surface area contributed by atoms with Gasteiger partial charge in [0.2, 0.25) is 5.91 Å². The Morgan fingerprint density at radius 1 is 1.12 bits per heavy atom. The summed E-state index contributed by atoms with van der Waals surface area (Å²) < 4.78 is 0. The van der Waals surface area contributed by atoms with Crippen LogP contribution in [-0.2, 0) is 4.79 Å². The van der Waals surface area contributed by atoms with Crippen LogP contribution in [0.15, 0.2) is 24.3 Å². The highest BCUT2D eigenvalue weighted by Crippen LogP contribution is 2.32. The molecule has 0 bridgehead atoms. The molecule has 2 amide bonds. The molecule has 0 aromatic heterocycles. The minimum Gasteiger partial charge on any atom is -0.348 e. The molecule has 138 valence electrons. The second-order valence-electron chi connectivity index (χ2n) is 7.06. The van der Waals surface area contributed by atoms with E-state index in [9.17, 15) is 9.59 Å². The van der Waals surface area contributed by atoms with Crippen LogP contribution in [-0.4, -0.2) is 24.4 Å². The fourth-order valence-electron chi connectivity index (χ4n) is 3.47. The molecule has 2 aliphatic rings. The van der Waals surface area contributed by atoms with Gasteiger partial charge in [0, 0.05) is 29.8 Å². The molecule has 5 nitrogen and oxygen atoms in total. The molecule has 1 atom stereocenters. The number of halogens is 1. The normalized spacial score (nSPS) is 18.8. The fourth-order valence-corrected chi connectivity index (χ4v) is 3.47. The molecule has 2 aliphatic carbocycles. The Morgan fingerprint density at radius 3 is 2.48 bits per heavy atom. The second-order valence-corrected chi connectivity index (χ2v) is 7.06. The number of nitrogens with two attached hydrogens (primary N) is 1. The zero-order valence-corrected chi connectivity index (χ0v) is 15.3. The van der Waals surface area contributed by atoms with E-state index in [-0.39, 0.29) is 36.2 Å². The molecule has 1 unspecified atom stereocenters. The summed E-state index contributed by atoms with van der Waals surface area (Å²) in [6, 6.07) is 7.21. The molecule has 2 saturated carbocycles. The number of rotatable bonds is 6. The molecule has 2 fully saturated rings. The van der Waals surface area contributed by atoms with E-state index in [2.05, 4.69) is 10.6 Å². The van der Waals surface area contributed by atoms with E-state index in [0.29, 0.717) is 23.7 Å². The SMILES string of the molecule is Cl.NCC(NC(=O)c1cccc(NC(=O)C2CCCCC2)c1)C1CC1. The third-order valence-corrected chi connectivity index (χ3v) is 5.13. The van der Waals surface area contributed by atoms with Crippen LogP contribution in [0.25, 0.3) is 0 Å². The van der Waals surface area contributed by atoms with Crippen molar-refractivity contribution in [1.82, 2.24) is 5.32 Å². The third-order valence-electron chi connectivity index (χ3n) is 5.13. The van der Waals surface area contributed by atoms with E-state index >= 15 is 0 Å². The molecule has 1 aromatic carbocycles. The maximum atomic E-state index is 12.4. The lowest BCUT2D eigenvalue weighted by Crippen LogP contribution is -2.41. The first-order chi connectivity index (χ1) is 11.7. The number of benzene rings is 1. The molecule has 6 heteroatoms. The molecule has 1 aromatic rings. The first-order valence-electron chi connectivity index (χ1n) is 9.09. The molecule has 0 radical (unpaired) electrons. The van der Waals surface area contributed by atoms with Crippen molar-refractivity contribution in [2.24, 2.45) is 17.6 Å². The number of hydrogen-bond acceptors (Lipinski definition) is 3. The van der Waals surface area contributed by atoms with E-state index in [0.717, 1.165) is 38.5 Å². The summed E-state index contributed by atoms with van der Waals surface area (Å²) in [6.07, 6.45) is 7.68. The number of anilines is 1. The van der Waals surface area contributed by atoms with Crippen LogP contribution in [0.4, 0.5) is 5.69 Å². The predicted molar refractivity (Wildman–Crippen MR) is 102 cm³/mol. The zero-order chi connectivity index (χ0) is 16.9. The Bertz CT molecular complexity index is 598. The Labute approximate surface area is 155 Å². The van der Waals surface area contributed by atoms with Crippen molar-refractivity contribution in [3.05, 3.63) is 29.8 Å². The van der Waals surface area contributed by atoms with Gasteiger partial charge < -0.3 is 16.4 Å². The quantitative estimate of drug-likeness (QED) is 0.724. The average Bonchev–Trinajstić information content (AvgIpc) is 3.45. The van der Waals surface area contributed by atoms with Gasteiger partial charge in [0.15, 0.2) is 0 Å². The highest BCUT2D eigenvalue weighted by atomic mass is 35.5. The minimum atomic E-state index is -0.119. The van der Waals surface area contributed by atoms with Gasteiger partial charge in [-0.3, -0.25) is 9.59 Å². The number of hydrogen-bond donors (Lipinski definition) is 3. The summed E-state index contributed by atoms with van der Waals surface area (Å²) in [6.45, 7) is 0.467. The molecule has 0 saturated heterocycles. The Morgan fingerprint density at radius 2 is 1.84 bits per heavy atom. The Balaban J connectivity index is 0.00000225. The van der Waals surface area contributed by atoms with Crippen molar-refractivity contribution < 1.29 is 9.59 Å². The molecule has 0 heterocycles. The molecular weight excluding hydrogens is 338 g/mol.